The molecule has 2 aromatic carbocycles. The van der Waals surface area contributed by atoms with Crippen molar-refractivity contribution in [2.75, 3.05) is 48.6 Å². The van der Waals surface area contributed by atoms with Gasteiger partial charge in [-0.25, -0.2) is 0 Å². The first-order valence-electron chi connectivity index (χ1n) is 11.2. The number of benzene rings is 2. The number of likely N-dealkylation sites (N-methyl/N-ethyl adjacent to an activating group) is 1. The Labute approximate surface area is 191 Å². The second-order valence-corrected chi connectivity index (χ2v) is 8.35. The lowest BCUT2D eigenvalue weighted by molar-refractivity contribution is 0.0890. The average molecular weight is 442 g/mol. The van der Waals surface area contributed by atoms with Crippen LogP contribution in [0.1, 0.15) is 40.7 Å². The third-order valence-electron chi connectivity index (χ3n) is 6.33. The maximum absolute atomic E-state index is 13.1. The molecule has 0 amide bonds. The van der Waals surface area contributed by atoms with Crippen molar-refractivity contribution in [1.82, 2.24) is 4.90 Å². The number of rotatable bonds is 11. The lowest BCUT2D eigenvalue weighted by Crippen LogP contribution is -2.26. The van der Waals surface area contributed by atoms with Crippen LogP contribution in [0, 0.1) is 5.92 Å². The molecule has 3 rings (SSSR count). The summed E-state index contributed by atoms with van der Waals surface area (Å²) in [6.45, 7) is 1.92. The van der Waals surface area contributed by atoms with Crippen LogP contribution in [0.25, 0.3) is 0 Å². The Hall–Kier alpha value is -2.73. The van der Waals surface area contributed by atoms with Gasteiger partial charge in [0, 0.05) is 18.0 Å². The molecular formula is C26H35NO5. The zero-order chi connectivity index (χ0) is 23.1. The van der Waals surface area contributed by atoms with E-state index >= 15 is 0 Å². The number of hydrogen-bond donors (Lipinski definition) is 0. The van der Waals surface area contributed by atoms with Gasteiger partial charge in [-0.05, 0) is 81.1 Å². The van der Waals surface area contributed by atoms with Gasteiger partial charge in [-0.1, -0.05) is 6.07 Å². The predicted molar refractivity (Wildman–Crippen MR) is 126 cm³/mol. The molecule has 0 aromatic heterocycles. The molecule has 1 unspecified atom stereocenters. The second-order valence-electron chi connectivity index (χ2n) is 8.35. The highest BCUT2D eigenvalue weighted by molar-refractivity contribution is 6.00. The Balaban J connectivity index is 1.49. The first-order chi connectivity index (χ1) is 15.5. The van der Waals surface area contributed by atoms with Gasteiger partial charge in [0.2, 0.25) is 0 Å². The molecule has 0 heterocycles. The van der Waals surface area contributed by atoms with Crippen LogP contribution in [-0.4, -0.2) is 59.3 Å². The van der Waals surface area contributed by atoms with Gasteiger partial charge in [0.05, 0.1) is 28.4 Å². The van der Waals surface area contributed by atoms with Gasteiger partial charge in [-0.2, -0.15) is 0 Å². The van der Waals surface area contributed by atoms with Crippen LogP contribution in [0.15, 0.2) is 30.3 Å². The fourth-order valence-electron chi connectivity index (χ4n) is 4.39. The Morgan fingerprint density at radius 2 is 1.53 bits per heavy atom. The number of fused-ring (bicyclic) bond motifs is 1. The first-order valence-corrected chi connectivity index (χ1v) is 11.2. The number of nitrogens with zero attached hydrogens (tertiary/aromatic N) is 1. The number of ether oxygens (including phenoxy) is 4. The lowest BCUT2D eigenvalue weighted by atomic mass is 9.80. The smallest absolute Gasteiger partial charge is 0.166 e. The summed E-state index contributed by atoms with van der Waals surface area (Å²) in [6, 6.07) is 9.86. The number of Topliss-reactive ketones (excluding diaryl/α,β-unsaturated/α-hetero) is 1. The van der Waals surface area contributed by atoms with Gasteiger partial charge in [0.15, 0.2) is 28.8 Å². The van der Waals surface area contributed by atoms with E-state index in [-0.39, 0.29) is 11.7 Å². The number of ketones is 1. The largest absolute Gasteiger partial charge is 0.493 e. The minimum Gasteiger partial charge on any atom is -0.493 e. The fourth-order valence-corrected chi connectivity index (χ4v) is 4.39. The number of carbonyl (C=O) groups is 1. The Morgan fingerprint density at radius 1 is 0.875 bits per heavy atom. The molecule has 1 aliphatic rings. The molecule has 32 heavy (non-hydrogen) atoms. The summed E-state index contributed by atoms with van der Waals surface area (Å²) >= 11 is 0. The molecule has 2 aromatic rings. The SMILES string of the molecule is COc1ccc(CCN(C)CCCC2CCc3cc(OC)c(OC)cc3C2=O)cc1OC. The van der Waals surface area contributed by atoms with E-state index in [9.17, 15) is 4.79 Å². The minimum absolute atomic E-state index is 0.0832. The first kappa shape index (κ1) is 23.9. The van der Waals surface area contributed by atoms with Crippen LogP contribution in [0.2, 0.25) is 0 Å². The molecule has 0 saturated carbocycles. The number of aryl methyl sites for hydroxylation is 1. The molecule has 0 radical (unpaired) electrons. The highest BCUT2D eigenvalue weighted by Gasteiger charge is 2.28. The highest BCUT2D eigenvalue weighted by atomic mass is 16.5. The molecule has 174 valence electrons. The summed E-state index contributed by atoms with van der Waals surface area (Å²) in [6.07, 6.45) is 4.65. The molecule has 1 aliphatic carbocycles. The molecule has 0 saturated heterocycles. The predicted octanol–water partition coefficient (Wildman–Crippen LogP) is 4.42. The van der Waals surface area contributed by atoms with Gasteiger partial charge in [0.1, 0.15) is 0 Å². The summed E-state index contributed by atoms with van der Waals surface area (Å²) < 4.78 is 21.5. The zero-order valence-corrected chi connectivity index (χ0v) is 19.9. The van der Waals surface area contributed by atoms with Crippen molar-refractivity contribution in [1.29, 1.82) is 0 Å². The van der Waals surface area contributed by atoms with Crippen molar-refractivity contribution < 1.29 is 23.7 Å². The van der Waals surface area contributed by atoms with Crippen molar-refractivity contribution in [3.63, 3.8) is 0 Å². The monoisotopic (exact) mass is 441 g/mol. The van der Waals surface area contributed by atoms with Crippen molar-refractivity contribution in [3.05, 3.63) is 47.0 Å². The van der Waals surface area contributed by atoms with E-state index in [0.717, 1.165) is 67.8 Å². The maximum Gasteiger partial charge on any atom is 0.166 e. The van der Waals surface area contributed by atoms with Crippen LogP contribution in [-0.2, 0) is 12.8 Å². The number of hydrogen-bond acceptors (Lipinski definition) is 6. The molecule has 6 heteroatoms. The van der Waals surface area contributed by atoms with E-state index in [1.165, 1.54) is 5.56 Å². The Bertz CT molecular complexity index is 927. The molecule has 0 N–H and O–H groups in total. The normalized spacial score (nSPS) is 15.4. The van der Waals surface area contributed by atoms with E-state index in [4.69, 9.17) is 18.9 Å². The van der Waals surface area contributed by atoms with E-state index < -0.39 is 0 Å². The number of carbonyl (C=O) groups excluding carboxylic acids is 1. The van der Waals surface area contributed by atoms with E-state index in [1.54, 1.807) is 28.4 Å². The molecule has 0 bridgehead atoms. The maximum atomic E-state index is 13.1. The van der Waals surface area contributed by atoms with Crippen molar-refractivity contribution in [3.8, 4) is 23.0 Å². The molecular weight excluding hydrogens is 406 g/mol. The van der Waals surface area contributed by atoms with Crippen LogP contribution in [0.3, 0.4) is 0 Å². The third-order valence-corrected chi connectivity index (χ3v) is 6.33. The Morgan fingerprint density at radius 3 is 2.22 bits per heavy atom. The summed E-state index contributed by atoms with van der Waals surface area (Å²) in [4.78, 5) is 15.4. The van der Waals surface area contributed by atoms with Crippen molar-refractivity contribution in [2.24, 2.45) is 5.92 Å². The molecule has 0 aliphatic heterocycles. The average Bonchev–Trinajstić information content (AvgIpc) is 2.83. The number of methoxy groups -OCH3 is 4. The summed E-state index contributed by atoms with van der Waals surface area (Å²) in [5.41, 5.74) is 3.08. The van der Waals surface area contributed by atoms with Crippen LogP contribution >= 0.6 is 0 Å². The third kappa shape index (κ3) is 5.54. The molecule has 6 nitrogen and oxygen atoms in total. The molecule has 1 atom stereocenters. The van der Waals surface area contributed by atoms with Crippen LogP contribution in [0.4, 0.5) is 0 Å². The van der Waals surface area contributed by atoms with Gasteiger partial charge >= 0.3 is 0 Å². The van der Waals surface area contributed by atoms with Gasteiger partial charge in [-0.3, -0.25) is 4.79 Å². The van der Waals surface area contributed by atoms with Crippen LogP contribution in [0.5, 0.6) is 23.0 Å². The quantitative estimate of drug-likeness (QED) is 0.515. The summed E-state index contributed by atoms with van der Waals surface area (Å²) in [5.74, 6) is 3.14. The van der Waals surface area contributed by atoms with E-state index in [0.29, 0.717) is 11.5 Å². The van der Waals surface area contributed by atoms with Gasteiger partial charge in [-0.15, -0.1) is 0 Å². The molecule has 0 spiro atoms. The molecule has 0 fully saturated rings. The van der Waals surface area contributed by atoms with Crippen LogP contribution < -0.4 is 18.9 Å². The van der Waals surface area contributed by atoms with Crippen molar-refractivity contribution in [2.45, 2.75) is 32.1 Å². The van der Waals surface area contributed by atoms with E-state index in [2.05, 4.69) is 18.0 Å². The standard InChI is InChI=1S/C26H35NO5/c1-27(14-12-18-8-11-22(29-2)23(15-18)30-3)13-6-7-19-9-10-20-16-24(31-4)25(32-5)17-21(20)26(19)28/h8,11,15-17,19H,6-7,9-10,12-14H2,1-5H3. The summed E-state index contributed by atoms with van der Waals surface area (Å²) in [7, 11) is 8.67. The second kappa shape index (κ2) is 11.2. The fraction of sp³-hybridized carbons (Fsp3) is 0.500. The Kier molecular flexibility index (Phi) is 8.39. The van der Waals surface area contributed by atoms with Gasteiger partial charge < -0.3 is 23.8 Å². The zero-order valence-electron chi connectivity index (χ0n) is 19.9. The topological polar surface area (TPSA) is 57.2 Å². The summed E-state index contributed by atoms with van der Waals surface area (Å²) in [5, 5.41) is 0. The van der Waals surface area contributed by atoms with Crippen molar-refractivity contribution >= 4 is 5.78 Å². The van der Waals surface area contributed by atoms with E-state index in [1.807, 2.05) is 24.3 Å². The van der Waals surface area contributed by atoms with Gasteiger partial charge in [0.25, 0.3) is 0 Å². The lowest BCUT2D eigenvalue weighted by Gasteiger charge is -2.25. The minimum atomic E-state index is 0.0832. The highest BCUT2D eigenvalue weighted by Crippen LogP contribution is 2.36.